The van der Waals surface area contributed by atoms with Crippen LogP contribution < -0.4 is 10.6 Å². The van der Waals surface area contributed by atoms with Crippen LogP contribution in [0, 0.1) is 5.92 Å². The summed E-state index contributed by atoms with van der Waals surface area (Å²) in [5.74, 6) is 1.03. The molecule has 1 aliphatic rings. The zero-order valence-corrected chi connectivity index (χ0v) is 10.6. The molecule has 100 valence electrons. The van der Waals surface area contributed by atoms with Gasteiger partial charge in [0, 0.05) is 13.1 Å². The van der Waals surface area contributed by atoms with Crippen LogP contribution in [-0.2, 0) is 9.53 Å². The molecule has 0 amide bonds. The van der Waals surface area contributed by atoms with Crippen LogP contribution in [0.15, 0.2) is 18.3 Å². The molecule has 2 aromatic rings. The number of rotatable bonds is 2. The highest BCUT2D eigenvalue weighted by molar-refractivity contribution is 5.74. The van der Waals surface area contributed by atoms with Crippen molar-refractivity contribution in [3.63, 3.8) is 0 Å². The third kappa shape index (κ3) is 2.07. The maximum Gasteiger partial charge on any atom is 0.310 e. The Morgan fingerprint density at radius 3 is 3.16 bits per heavy atom. The van der Waals surface area contributed by atoms with Gasteiger partial charge in [0.05, 0.1) is 19.2 Å². The third-order valence-electron chi connectivity index (χ3n) is 3.37. The average molecular weight is 261 g/mol. The van der Waals surface area contributed by atoms with Gasteiger partial charge in [-0.05, 0) is 18.6 Å². The number of hydrogen-bond donors (Lipinski definition) is 1. The molecule has 1 unspecified atom stereocenters. The van der Waals surface area contributed by atoms with Gasteiger partial charge in [-0.25, -0.2) is 9.50 Å². The lowest BCUT2D eigenvalue weighted by atomic mass is 10.1. The van der Waals surface area contributed by atoms with Gasteiger partial charge in [-0.15, -0.1) is 5.10 Å². The number of ether oxygens (including phenoxy) is 1. The van der Waals surface area contributed by atoms with Gasteiger partial charge in [-0.1, -0.05) is 0 Å². The number of nitrogen functional groups attached to an aromatic ring is 1. The van der Waals surface area contributed by atoms with Crippen molar-refractivity contribution in [3.05, 3.63) is 18.3 Å². The van der Waals surface area contributed by atoms with Crippen LogP contribution in [-0.4, -0.2) is 40.8 Å². The number of nitrogens with zero attached hydrogens (tertiary/aromatic N) is 4. The van der Waals surface area contributed by atoms with Crippen LogP contribution in [0.3, 0.4) is 0 Å². The quantitative estimate of drug-likeness (QED) is 0.783. The van der Waals surface area contributed by atoms with Crippen molar-refractivity contribution < 1.29 is 9.53 Å². The van der Waals surface area contributed by atoms with Gasteiger partial charge in [-0.2, -0.15) is 0 Å². The normalized spacial score (nSPS) is 19.0. The van der Waals surface area contributed by atoms with Crippen LogP contribution >= 0.6 is 0 Å². The highest BCUT2D eigenvalue weighted by Gasteiger charge is 2.29. The van der Waals surface area contributed by atoms with Crippen LogP contribution in [0.25, 0.3) is 5.65 Å². The number of aromatic nitrogens is 3. The van der Waals surface area contributed by atoms with E-state index in [1.165, 1.54) is 7.11 Å². The summed E-state index contributed by atoms with van der Waals surface area (Å²) in [5.41, 5.74) is 6.34. The maximum atomic E-state index is 11.5. The second-order valence-electron chi connectivity index (χ2n) is 4.61. The third-order valence-corrected chi connectivity index (χ3v) is 3.37. The van der Waals surface area contributed by atoms with E-state index in [-0.39, 0.29) is 11.9 Å². The molecule has 0 saturated carbocycles. The van der Waals surface area contributed by atoms with Gasteiger partial charge >= 0.3 is 5.97 Å². The van der Waals surface area contributed by atoms with E-state index in [0.717, 1.165) is 18.8 Å². The number of nitrogens with two attached hydrogens (primary N) is 1. The van der Waals surface area contributed by atoms with E-state index < -0.39 is 0 Å². The highest BCUT2D eigenvalue weighted by Crippen LogP contribution is 2.23. The van der Waals surface area contributed by atoms with Crippen molar-refractivity contribution in [3.8, 4) is 0 Å². The number of imidazole rings is 1. The summed E-state index contributed by atoms with van der Waals surface area (Å²) in [6.07, 6.45) is 2.46. The van der Waals surface area contributed by atoms with E-state index in [2.05, 4.69) is 15.0 Å². The van der Waals surface area contributed by atoms with Crippen molar-refractivity contribution in [1.29, 1.82) is 0 Å². The Balaban J connectivity index is 1.83. The van der Waals surface area contributed by atoms with Crippen molar-refractivity contribution >= 4 is 23.3 Å². The van der Waals surface area contributed by atoms with Crippen LogP contribution in [0.4, 0.5) is 11.6 Å². The molecule has 0 radical (unpaired) electrons. The molecule has 0 spiro atoms. The van der Waals surface area contributed by atoms with E-state index in [9.17, 15) is 4.79 Å². The van der Waals surface area contributed by atoms with E-state index in [0.29, 0.717) is 18.0 Å². The molecule has 1 aliphatic heterocycles. The van der Waals surface area contributed by atoms with E-state index >= 15 is 0 Å². The standard InChI is InChI=1S/C12H15N5O2/c1-19-12(18)8-4-5-16(6-8)11-3-2-10-14-9(13)7-17(10)15-11/h2-3,7-8H,4-6,13H2,1H3. The Labute approximate surface area is 110 Å². The van der Waals surface area contributed by atoms with E-state index in [1.807, 2.05) is 12.1 Å². The van der Waals surface area contributed by atoms with Crippen LogP contribution in [0.1, 0.15) is 6.42 Å². The van der Waals surface area contributed by atoms with Crippen molar-refractivity contribution in [2.75, 3.05) is 30.8 Å². The lowest BCUT2D eigenvalue weighted by molar-refractivity contribution is -0.144. The first-order chi connectivity index (χ1) is 9.17. The number of esters is 1. The monoisotopic (exact) mass is 261 g/mol. The molecule has 3 rings (SSSR count). The molecule has 1 saturated heterocycles. The number of fused-ring (bicyclic) bond motifs is 1. The number of carbonyl (C=O) groups is 1. The fourth-order valence-electron chi connectivity index (χ4n) is 2.39. The van der Waals surface area contributed by atoms with Crippen molar-refractivity contribution in [2.45, 2.75) is 6.42 Å². The van der Waals surface area contributed by atoms with Gasteiger partial charge < -0.3 is 15.4 Å². The molecule has 7 nitrogen and oxygen atoms in total. The number of methoxy groups -OCH3 is 1. The second-order valence-corrected chi connectivity index (χ2v) is 4.61. The van der Waals surface area contributed by atoms with Gasteiger partial charge in [0.25, 0.3) is 0 Å². The smallest absolute Gasteiger partial charge is 0.310 e. The number of anilines is 2. The SMILES string of the molecule is COC(=O)C1CCN(c2ccc3nc(N)cn3n2)C1. The topological polar surface area (TPSA) is 85.8 Å². The summed E-state index contributed by atoms with van der Waals surface area (Å²) in [4.78, 5) is 17.7. The Kier molecular flexibility index (Phi) is 2.73. The maximum absolute atomic E-state index is 11.5. The minimum Gasteiger partial charge on any atom is -0.469 e. The van der Waals surface area contributed by atoms with Gasteiger partial charge in [0.1, 0.15) is 11.6 Å². The molecule has 7 heteroatoms. The fourth-order valence-corrected chi connectivity index (χ4v) is 2.39. The molecule has 2 N–H and O–H groups in total. The zero-order valence-electron chi connectivity index (χ0n) is 10.6. The molecule has 3 heterocycles. The first-order valence-electron chi connectivity index (χ1n) is 6.12. The summed E-state index contributed by atoms with van der Waals surface area (Å²) in [5, 5.41) is 4.45. The summed E-state index contributed by atoms with van der Waals surface area (Å²) < 4.78 is 6.42. The Hall–Kier alpha value is -2.31. The lowest BCUT2D eigenvalue weighted by Gasteiger charge is -2.16. The van der Waals surface area contributed by atoms with E-state index in [1.54, 1.807) is 10.7 Å². The van der Waals surface area contributed by atoms with Gasteiger partial charge in [-0.3, -0.25) is 4.79 Å². The Morgan fingerprint density at radius 2 is 2.37 bits per heavy atom. The van der Waals surface area contributed by atoms with Crippen molar-refractivity contribution in [2.24, 2.45) is 5.92 Å². The molecule has 0 bridgehead atoms. The lowest BCUT2D eigenvalue weighted by Crippen LogP contribution is -2.24. The summed E-state index contributed by atoms with van der Waals surface area (Å²) in [7, 11) is 1.42. The summed E-state index contributed by atoms with van der Waals surface area (Å²) in [6.45, 7) is 1.43. The fraction of sp³-hybridized carbons (Fsp3) is 0.417. The molecular weight excluding hydrogens is 246 g/mol. The van der Waals surface area contributed by atoms with Gasteiger partial charge in [0.2, 0.25) is 0 Å². The highest BCUT2D eigenvalue weighted by atomic mass is 16.5. The minimum absolute atomic E-state index is 0.0737. The molecule has 0 aromatic carbocycles. The molecule has 1 atom stereocenters. The molecule has 19 heavy (non-hydrogen) atoms. The minimum atomic E-state index is -0.157. The summed E-state index contributed by atoms with van der Waals surface area (Å²) >= 11 is 0. The average Bonchev–Trinajstić information content (AvgIpc) is 3.01. The predicted octanol–water partition coefficient (Wildman–Crippen LogP) is 0.311. The van der Waals surface area contributed by atoms with Crippen LogP contribution in [0.5, 0.6) is 0 Å². The molecular formula is C12H15N5O2. The molecule has 0 aliphatic carbocycles. The van der Waals surface area contributed by atoms with E-state index in [4.69, 9.17) is 10.5 Å². The largest absolute Gasteiger partial charge is 0.469 e. The number of carbonyl (C=O) groups excluding carboxylic acids is 1. The Morgan fingerprint density at radius 1 is 1.53 bits per heavy atom. The van der Waals surface area contributed by atoms with Crippen molar-refractivity contribution in [1.82, 2.24) is 14.6 Å². The number of hydrogen-bond acceptors (Lipinski definition) is 6. The first-order valence-corrected chi connectivity index (χ1v) is 6.12. The van der Waals surface area contributed by atoms with Gasteiger partial charge in [0.15, 0.2) is 5.65 Å². The van der Waals surface area contributed by atoms with Crippen LogP contribution in [0.2, 0.25) is 0 Å². The Bertz CT molecular complexity index is 624. The zero-order chi connectivity index (χ0) is 13.4. The summed E-state index contributed by atoms with van der Waals surface area (Å²) in [6, 6.07) is 3.76. The first kappa shape index (κ1) is 11.8. The predicted molar refractivity (Wildman–Crippen MR) is 69.7 cm³/mol. The molecule has 1 fully saturated rings. The second kappa shape index (κ2) is 4.42. The molecule has 2 aromatic heterocycles.